The third-order valence-corrected chi connectivity index (χ3v) is 2.02. The van der Waals surface area contributed by atoms with Crippen molar-refractivity contribution in [3.8, 4) is 11.8 Å². The molecule has 1 aromatic carbocycles. The molecule has 0 amide bonds. The van der Waals surface area contributed by atoms with Crippen LogP contribution in [0.1, 0.15) is 21.5 Å². The van der Waals surface area contributed by atoms with E-state index in [0.717, 1.165) is 5.56 Å². The van der Waals surface area contributed by atoms with Gasteiger partial charge in [0.1, 0.15) is 0 Å². The summed E-state index contributed by atoms with van der Waals surface area (Å²) in [7, 11) is 1.32. The van der Waals surface area contributed by atoms with Crippen molar-refractivity contribution in [3.63, 3.8) is 0 Å². The van der Waals surface area contributed by atoms with E-state index in [1.54, 1.807) is 12.1 Å². The number of carbonyl (C=O) groups excluding carboxylic acids is 1. The van der Waals surface area contributed by atoms with Crippen molar-refractivity contribution in [1.82, 2.24) is 0 Å². The van der Waals surface area contributed by atoms with Crippen LogP contribution in [-0.2, 0) is 4.74 Å². The topological polar surface area (TPSA) is 75.1 Å². The largest absolute Gasteiger partial charge is 0.465 e. The number of nitrogens with zero attached hydrogens (tertiary/aromatic N) is 3. The lowest BCUT2D eigenvalue weighted by Crippen LogP contribution is -2.04. The molecule has 0 N–H and O–H groups in total. The molecule has 0 saturated heterocycles. The molecule has 1 rings (SSSR count). The Balaban J connectivity index is 3.09. The minimum atomic E-state index is -0.432. The second-order valence-electron chi connectivity index (χ2n) is 3.23. The summed E-state index contributed by atoms with van der Waals surface area (Å²) in [6.07, 6.45) is 0. The van der Waals surface area contributed by atoms with E-state index in [1.165, 1.54) is 7.11 Å². The number of hydrogen-bond donors (Lipinski definition) is 0. The number of methoxy groups -OCH3 is 1. The SMILES string of the molecule is COC(=O)c1ccc(C)cc1C#CCN=[N+]=[N-]. The van der Waals surface area contributed by atoms with E-state index < -0.39 is 5.97 Å². The van der Waals surface area contributed by atoms with Crippen LogP contribution in [0.5, 0.6) is 0 Å². The molecule has 0 heterocycles. The van der Waals surface area contributed by atoms with Gasteiger partial charge in [-0.25, -0.2) is 4.79 Å². The molecular weight excluding hydrogens is 218 g/mol. The van der Waals surface area contributed by atoms with Crippen molar-refractivity contribution in [2.24, 2.45) is 5.11 Å². The summed E-state index contributed by atoms with van der Waals surface area (Å²) < 4.78 is 4.66. The molecule has 0 aliphatic rings. The first kappa shape index (κ1) is 12.6. The molecule has 0 aliphatic heterocycles. The van der Waals surface area contributed by atoms with Crippen molar-refractivity contribution >= 4 is 5.97 Å². The third kappa shape index (κ3) is 3.56. The van der Waals surface area contributed by atoms with Gasteiger partial charge in [0, 0.05) is 10.5 Å². The van der Waals surface area contributed by atoms with Crippen LogP contribution in [0.3, 0.4) is 0 Å². The van der Waals surface area contributed by atoms with Crippen molar-refractivity contribution in [2.75, 3.05) is 13.7 Å². The maximum atomic E-state index is 11.5. The summed E-state index contributed by atoms with van der Waals surface area (Å²) in [5, 5.41) is 3.29. The van der Waals surface area contributed by atoms with E-state index in [4.69, 9.17) is 5.53 Å². The fourth-order valence-corrected chi connectivity index (χ4v) is 1.25. The van der Waals surface area contributed by atoms with Crippen molar-refractivity contribution < 1.29 is 9.53 Å². The minimum absolute atomic E-state index is 0.0745. The second-order valence-corrected chi connectivity index (χ2v) is 3.23. The van der Waals surface area contributed by atoms with Crippen LogP contribution >= 0.6 is 0 Å². The Bertz CT molecular complexity index is 534. The van der Waals surface area contributed by atoms with Gasteiger partial charge >= 0.3 is 5.97 Å². The van der Waals surface area contributed by atoms with Gasteiger partial charge in [-0.1, -0.05) is 23.0 Å². The molecular formula is C12H11N3O2. The van der Waals surface area contributed by atoms with E-state index in [2.05, 4.69) is 26.6 Å². The highest BCUT2D eigenvalue weighted by molar-refractivity contribution is 5.92. The van der Waals surface area contributed by atoms with Gasteiger partial charge in [-0.2, -0.15) is 0 Å². The lowest BCUT2D eigenvalue weighted by Gasteiger charge is -2.03. The summed E-state index contributed by atoms with van der Waals surface area (Å²) in [6, 6.07) is 5.26. The standard InChI is InChI=1S/C12H11N3O2/c1-9-5-6-11(12(16)17-2)10(8-9)4-3-7-14-15-13/h5-6,8H,7H2,1-2H3. The first-order chi connectivity index (χ1) is 8.19. The van der Waals surface area contributed by atoms with Gasteiger partial charge in [-0.05, 0) is 30.2 Å². The minimum Gasteiger partial charge on any atom is -0.465 e. The van der Waals surface area contributed by atoms with E-state index >= 15 is 0 Å². The molecule has 17 heavy (non-hydrogen) atoms. The zero-order valence-electron chi connectivity index (χ0n) is 9.60. The Kier molecular flexibility index (Phi) is 4.61. The van der Waals surface area contributed by atoms with E-state index in [0.29, 0.717) is 11.1 Å². The highest BCUT2D eigenvalue weighted by Crippen LogP contribution is 2.11. The maximum absolute atomic E-state index is 11.5. The van der Waals surface area contributed by atoms with Gasteiger partial charge in [0.25, 0.3) is 0 Å². The molecule has 86 valence electrons. The average molecular weight is 229 g/mol. The quantitative estimate of drug-likeness (QED) is 0.257. The molecule has 5 heteroatoms. The van der Waals surface area contributed by atoms with Gasteiger partial charge in [-0.15, -0.1) is 0 Å². The molecule has 5 nitrogen and oxygen atoms in total. The first-order valence-electron chi connectivity index (χ1n) is 4.87. The Morgan fingerprint density at radius 3 is 3.00 bits per heavy atom. The van der Waals surface area contributed by atoms with Crippen LogP contribution in [-0.4, -0.2) is 19.6 Å². The third-order valence-electron chi connectivity index (χ3n) is 2.02. The van der Waals surface area contributed by atoms with Crippen LogP contribution in [0.4, 0.5) is 0 Å². The molecule has 0 atom stereocenters. The zero-order chi connectivity index (χ0) is 12.7. The molecule has 0 aliphatic carbocycles. The Morgan fingerprint density at radius 2 is 2.35 bits per heavy atom. The fourth-order valence-electron chi connectivity index (χ4n) is 1.25. The van der Waals surface area contributed by atoms with Crippen LogP contribution in [0.15, 0.2) is 23.3 Å². The predicted molar refractivity (Wildman–Crippen MR) is 63.4 cm³/mol. The normalized spacial score (nSPS) is 8.59. The first-order valence-corrected chi connectivity index (χ1v) is 4.87. The number of ether oxygens (including phenoxy) is 1. The second kappa shape index (κ2) is 6.21. The number of esters is 1. The number of carbonyl (C=O) groups is 1. The number of benzene rings is 1. The van der Waals surface area contributed by atoms with E-state index in [1.807, 2.05) is 13.0 Å². The highest BCUT2D eigenvalue weighted by atomic mass is 16.5. The molecule has 0 spiro atoms. The summed E-state index contributed by atoms with van der Waals surface area (Å²) >= 11 is 0. The van der Waals surface area contributed by atoms with Crippen LogP contribution < -0.4 is 0 Å². The van der Waals surface area contributed by atoms with Gasteiger partial charge in [0.2, 0.25) is 0 Å². The van der Waals surface area contributed by atoms with Gasteiger partial charge in [0.05, 0.1) is 19.2 Å². The molecule has 0 saturated carbocycles. The number of rotatable bonds is 2. The summed E-state index contributed by atoms with van der Waals surface area (Å²) in [6.45, 7) is 1.98. The average Bonchev–Trinajstić information content (AvgIpc) is 2.34. The number of hydrogen-bond acceptors (Lipinski definition) is 3. The monoisotopic (exact) mass is 229 g/mol. The predicted octanol–water partition coefficient (Wildman–Crippen LogP) is 2.44. The highest BCUT2D eigenvalue weighted by Gasteiger charge is 2.09. The summed E-state index contributed by atoms with van der Waals surface area (Å²) in [5.74, 6) is 5.03. The lowest BCUT2D eigenvalue weighted by atomic mass is 10.0. The van der Waals surface area contributed by atoms with E-state index in [9.17, 15) is 4.79 Å². The summed E-state index contributed by atoms with van der Waals surface area (Å²) in [4.78, 5) is 14.1. The fraction of sp³-hybridized carbons (Fsp3) is 0.250. The van der Waals surface area contributed by atoms with Crippen LogP contribution in [0.25, 0.3) is 10.4 Å². The maximum Gasteiger partial charge on any atom is 0.339 e. The number of aryl methyl sites for hydroxylation is 1. The summed E-state index contributed by atoms with van der Waals surface area (Å²) in [5.41, 5.74) is 10.1. The van der Waals surface area contributed by atoms with Crippen molar-refractivity contribution in [1.29, 1.82) is 0 Å². The smallest absolute Gasteiger partial charge is 0.339 e. The van der Waals surface area contributed by atoms with Crippen LogP contribution in [0, 0.1) is 18.8 Å². The number of azide groups is 1. The molecule has 0 fully saturated rings. The Labute approximate surface area is 99.0 Å². The van der Waals surface area contributed by atoms with Gasteiger partial charge in [0.15, 0.2) is 0 Å². The lowest BCUT2D eigenvalue weighted by molar-refractivity contribution is 0.0600. The molecule has 0 bridgehead atoms. The van der Waals surface area contributed by atoms with E-state index in [-0.39, 0.29) is 6.54 Å². The molecule has 0 radical (unpaired) electrons. The zero-order valence-corrected chi connectivity index (χ0v) is 9.60. The Hall–Kier alpha value is -2.44. The van der Waals surface area contributed by atoms with Crippen molar-refractivity contribution in [2.45, 2.75) is 6.92 Å². The molecule has 0 aromatic heterocycles. The molecule has 1 aromatic rings. The van der Waals surface area contributed by atoms with Gasteiger partial charge in [-0.3, -0.25) is 0 Å². The molecule has 0 unspecified atom stereocenters. The van der Waals surface area contributed by atoms with Gasteiger partial charge < -0.3 is 4.74 Å². The Morgan fingerprint density at radius 1 is 1.59 bits per heavy atom. The van der Waals surface area contributed by atoms with Crippen LogP contribution in [0.2, 0.25) is 0 Å². The van der Waals surface area contributed by atoms with Crippen molar-refractivity contribution in [3.05, 3.63) is 45.3 Å².